The lowest BCUT2D eigenvalue weighted by Gasteiger charge is -2.15. The molecule has 3 N–H and O–H groups in total. The number of aliphatic hydroxyl groups excluding tert-OH is 1. The Hall–Kier alpha value is -3.17. The van der Waals surface area contributed by atoms with Gasteiger partial charge in [-0.2, -0.15) is 0 Å². The van der Waals surface area contributed by atoms with E-state index in [1.54, 1.807) is 24.3 Å². The molecule has 0 aliphatic carbocycles. The predicted octanol–water partition coefficient (Wildman–Crippen LogP) is 1.19. The van der Waals surface area contributed by atoms with Crippen LogP contribution in [0.2, 0.25) is 0 Å². The molecule has 8 nitrogen and oxygen atoms in total. The van der Waals surface area contributed by atoms with Crippen LogP contribution in [0.5, 0.6) is 5.75 Å². The molecule has 2 aromatic rings. The average molecular weight is 374 g/mol. The molecule has 1 heterocycles. The van der Waals surface area contributed by atoms with Crippen LogP contribution in [0.3, 0.4) is 0 Å². The van der Waals surface area contributed by atoms with Crippen LogP contribution in [0, 0.1) is 0 Å². The molecule has 0 aromatic heterocycles. The minimum absolute atomic E-state index is 0.113. The van der Waals surface area contributed by atoms with Gasteiger partial charge >= 0.3 is 5.91 Å². The first-order valence-electron chi connectivity index (χ1n) is 7.33. The van der Waals surface area contributed by atoms with Crippen molar-refractivity contribution in [2.45, 2.75) is 4.90 Å². The number of carbonyl (C=O) groups is 2. The van der Waals surface area contributed by atoms with Gasteiger partial charge in [-0.3, -0.25) is 9.59 Å². The number of nitrogens with zero attached hydrogens (tertiary/aromatic N) is 1. The Kier molecular flexibility index (Phi) is 4.26. The Morgan fingerprint density at radius 1 is 0.962 bits per heavy atom. The van der Waals surface area contributed by atoms with Gasteiger partial charge in [-0.05, 0) is 42.0 Å². The zero-order valence-corrected chi connectivity index (χ0v) is 14.4. The van der Waals surface area contributed by atoms with Crippen LogP contribution in [0.25, 0.3) is 5.57 Å². The van der Waals surface area contributed by atoms with Crippen molar-refractivity contribution in [2.75, 3.05) is 12.0 Å². The summed E-state index contributed by atoms with van der Waals surface area (Å²) in [5.41, 5.74) is 0.320. The largest absolute Gasteiger partial charge is 0.502 e. The molecule has 0 fully saturated rings. The van der Waals surface area contributed by atoms with Crippen LogP contribution < -0.4 is 14.8 Å². The van der Waals surface area contributed by atoms with Crippen LogP contribution in [0.1, 0.15) is 5.56 Å². The lowest BCUT2D eigenvalue weighted by atomic mass is 10.1. The van der Waals surface area contributed by atoms with Gasteiger partial charge in [0.1, 0.15) is 5.75 Å². The number of carbonyl (C=O) groups excluding carboxylic acids is 2. The number of hydrogen-bond acceptors (Lipinski definition) is 6. The quantitative estimate of drug-likeness (QED) is 0.774. The molecule has 134 valence electrons. The molecular weight excluding hydrogens is 360 g/mol. The smallest absolute Gasteiger partial charge is 0.301 e. The number of nitrogens with two attached hydrogens (primary N) is 1. The maximum Gasteiger partial charge on any atom is 0.301 e. The SMILES string of the molecule is COc1ccc(C2=C(O)C(=O)N(c3ccc(S(N)(=O)=O)cc3)C2=O)cc1. The van der Waals surface area contributed by atoms with Crippen LogP contribution in [0.4, 0.5) is 5.69 Å². The van der Waals surface area contributed by atoms with Crippen molar-refractivity contribution in [1.29, 1.82) is 0 Å². The van der Waals surface area contributed by atoms with Crippen molar-refractivity contribution in [2.24, 2.45) is 5.14 Å². The Bertz CT molecular complexity index is 1020. The molecule has 1 aliphatic rings. The fraction of sp³-hybridized carbons (Fsp3) is 0.0588. The van der Waals surface area contributed by atoms with Gasteiger partial charge < -0.3 is 9.84 Å². The number of primary sulfonamides is 1. The van der Waals surface area contributed by atoms with Gasteiger partial charge in [0.25, 0.3) is 5.91 Å². The molecule has 2 aromatic carbocycles. The van der Waals surface area contributed by atoms with Gasteiger partial charge in [-0.1, -0.05) is 12.1 Å². The molecule has 2 amide bonds. The number of amides is 2. The summed E-state index contributed by atoms with van der Waals surface area (Å²) >= 11 is 0. The van der Waals surface area contributed by atoms with Crippen LogP contribution in [-0.2, 0) is 19.6 Å². The van der Waals surface area contributed by atoms with E-state index in [2.05, 4.69) is 0 Å². The van der Waals surface area contributed by atoms with Crippen molar-refractivity contribution in [3.63, 3.8) is 0 Å². The highest BCUT2D eigenvalue weighted by atomic mass is 32.2. The third-order valence-corrected chi connectivity index (χ3v) is 4.79. The van der Waals surface area contributed by atoms with Gasteiger partial charge in [0.2, 0.25) is 10.0 Å². The van der Waals surface area contributed by atoms with Crippen LogP contribution in [-0.4, -0.2) is 32.4 Å². The van der Waals surface area contributed by atoms with Gasteiger partial charge in [0.05, 0.1) is 23.3 Å². The summed E-state index contributed by atoms with van der Waals surface area (Å²) in [5, 5.41) is 15.2. The lowest BCUT2D eigenvalue weighted by Crippen LogP contribution is -2.31. The summed E-state index contributed by atoms with van der Waals surface area (Å²) in [4.78, 5) is 25.6. The summed E-state index contributed by atoms with van der Waals surface area (Å²) in [6.45, 7) is 0. The topological polar surface area (TPSA) is 127 Å². The number of methoxy groups -OCH3 is 1. The highest BCUT2D eigenvalue weighted by molar-refractivity contribution is 7.89. The number of aliphatic hydroxyl groups is 1. The maximum atomic E-state index is 12.7. The monoisotopic (exact) mass is 374 g/mol. The summed E-state index contributed by atoms with van der Waals surface area (Å²) < 4.78 is 27.7. The van der Waals surface area contributed by atoms with Crippen molar-refractivity contribution < 1.29 is 27.9 Å². The number of imide groups is 1. The zero-order chi connectivity index (χ0) is 19.1. The van der Waals surface area contributed by atoms with Gasteiger partial charge in [0.15, 0.2) is 5.76 Å². The van der Waals surface area contributed by atoms with E-state index in [4.69, 9.17) is 9.88 Å². The maximum absolute atomic E-state index is 12.7. The van der Waals surface area contributed by atoms with Crippen molar-refractivity contribution >= 4 is 33.1 Å². The average Bonchev–Trinajstić information content (AvgIpc) is 2.84. The van der Waals surface area contributed by atoms with E-state index >= 15 is 0 Å². The first-order chi connectivity index (χ1) is 12.2. The van der Waals surface area contributed by atoms with Crippen LogP contribution >= 0.6 is 0 Å². The van der Waals surface area contributed by atoms with E-state index in [-0.39, 0.29) is 16.2 Å². The van der Waals surface area contributed by atoms with Crippen molar-refractivity contribution in [3.05, 3.63) is 59.9 Å². The highest BCUT2D eigenvalue weighted by Crippen LogP contribution is 2.32. The van der Waals surface area contributed by atoms with E-state index in [1.807, 2.05) is 0 Å². The zero-order valence-electron chi connectivity index (χ0n) is 13.5. The second kappa shape index (κ2) is 6.28. The first-order valence-corrected chi connectivity index (χ1v) is 8.88. The minimum atomic E-state index is -3.90. The molecule has 9 heteroatoms. The first kappa shape index (κ1) is 17.6. The molecule has 0 saturated carbocycles. The molecule has 3 rings (SSSR count). The number of hydrogen-bond donors (Lipinski definition) is 2. The Morgan fingerprint density at radius 2 is 1.54 bits per heavy atom. The van der Waals surface area contributed by atoms with Crippen molar-refractivity contribution in [1.82, 2.24) is 0 Å². The summed E-state index contributed by atoms with van der Waals surface area (Å²) in [6, 6.07) is 11.2. The van der Waals surface area contributed by atoms with E-state index in [0.717, 1.165) is 4.90 Å². The predicted molar refractivity (Wildman–Crippen MR) is 92.9 cm³/mol. The molecular formula is C17H14N2O6S. The second-order valence-electron chi connectivity index (χ2n) is 5.44. The number of sulfonamides is 1. The third-order valence-electron chi connectivity index (χ3n) is 3.86. The molecule has 26 heavy (non-hydrogen) atoms. The van der Waals surface area contributed by atoms with Crippen molar-refractivity contribution in [3.8, 4) is 5.75 Å². The van der Waals surface area contributed by atoms with E-state index in [9.17, 15) is 23.1 Å². The Labute approximate surface area is 149 Å². The van der Waals surface area contributed by atoms with Gasteiger partial charge in [0, 0.05) is 0 Å². The number of ether oxygens (including phenoxy) is 1. The minimum Gasteiger partial charge on any atom is -0.502 e. The normalized spacial score (nSPS) is 14.9. The standard InChI is InChI=1S/C17H14N2O6S/c1-25-12-6-2-10(3-7-12)14-15(20)17(22)19(16(14)21)11-4-8-13(9-5-11)26(18,23)24/h2-9,20H,1H3,(H2,18,23,24). The second-order valence-corrected chi connectivity index (χ2v) is 7.00. The fourth-order valence-corrected chi connectivity index (χ4v) is 3.07. The molecule has 0 spiro atoms. The summed E-state index contributed by atoms with van der Waals surface area (Å²) in [7, 11) is -2.41. The molecule has 0 bridgehead atoms. The third kappa shape index (κ3) is 2.93. The van der Waals surface area contributed by atoms with Gasteiger partial charge in [-0.15, -0.1) is 0 Å². The highest BCUT2D eigenvalue weighted by Gasteiger charge is 2.40. The number of anilines is 1. The number of rotatable bonds is 4. The van der Waals surface area contributed by atoms with Crippen LogP contribution in [0.15, 0.2) is 59.2 Å². The van der Waals surface area contributed by atoms with E-state index in [0.29, 0.717) is 11.3 Å². The van der Waals surface area contributed by atoms with E-state index < -0.39 is 27.6 Å². The summed E-state index contributed by atoms with van der Waals surface area (Å²) in [6.07, 6.45) is 0. The van der Waals surface area contributed by atoms with Gasteiger partial charge in [-0.25, -0.2) is 18.5 Å². The molecule has 0 radical (unpaired) electrons. The lowest BCUT2D eigenvalue weighted by molar-refractivity contribution is -0.121. The number of benzene rings is 2. The fourth-order valence-electron chi connectivity index (χ4n) is 2.56. The Balaban J connectivity index is 1.97. The van der Waals surface area contributed by atoms with E-state index in [1.165, 1.54) is 31.4 Å². The molecule has 0 atom stereocenters. The summed E-state index contributed by atoms with van der Waals surface area (Å²) in [5.74, 6) is -1.75. The molecule has 0 saturated heterocycles. The molecule has 1 aliphatic heterocycles. The Morgan fingerprint density at radius 3 is 2.04 bits per heavy atom. The molecule has 0 unspecified atom stereocenters.